The first-order valence-electron chi connectivity index (χ1n) is 6.34. The van der Waals surface area contributed by atoms with Crippen LogP contribution in [0.25, 0.3) is 0 Å². The van der Waals surface area contributed by atoms with Crippen LogP contribution in [0.5, 0.6) is 0 Å². The lowest BCUT2D eigenvalue weighted by atomic mass is 10.1. The molecule has 2 aromatic rings. The van der Waals surface area contributed by atoms with Gasteiger partial charge in [0, 0.05) is 23.6 Å². The molecule has 1 aromatic carbocycles. The minimum atomic E-state index is -0.584. The van der Waals surface area contributed by atoms with Crippen LogP contribution in [0.15, 0.2) is 43.0 Å². The summed E-state index contributed by atoms with van der Waals surface area (Å²) in [5, 5.41) is -0.584. The Kier molecular flexibility index (Phi) is 4.69. The van der Waals surface area contributed by atoms with Crippen LogP contribution in [0, 0.1) is 6.92 Å². The molecule has 1 atom stereocenters. The van der Waals surface area contributed by atoms with Gasteiger partial charge >= 0.3 is 0 Å². The third-order valence-electron chi connectivity index (χ3n) is 2.97. The van der Waals surface area contributed by atoms with Crippen LogP contribution in [-0.2, 0) is 11.3 Å². The van der Waals surface area contributed by atoms with E-state index in [1.165, 1.54) is 6.33 Å². The number of hydrogen-bond donors (Lipinski definition) is 0. The predicted molar refractivity (Wildman–Crippen MR) is 79.7 cm³/mol. The summed E-state index contributed by atoms with van der Waals surface area (Å²) in [5.41, 5.74) is 2.74. The number of para-hydroxylation sites is 1. The fraction of sp³-hybridized carbons (Fsp3) is 0.267. The van der Waals surface area contributed by atoms with Crippen molar-refractivity contribution in [1.29, 1.82) is 0 Å². The maximum absolute atomic E-state index is 12.4. The first kappa shape index (κ1) is 14.5. The molecule has 5 heteroatoms. The Balaban J connectivity index is 2.35. The number of rotatable bonds is 4. The van der Waals surface area contributed by atoms with E-state index < -0.39 is 5.38 Å². The molecule has 2 rings (SSSR count). The quantitative estimate of drug-likeness (QED) is 0.813. The Morgan fingerprint density at radius 2 is 1.95 bits per heavy atom. The van der Waals surface area contributed by atoms with E-state index in [1.54, 1.807) is 24.2 Å². The normalized spacial score (nSPS) is 11.9. The monoisotopic (exact) mass is 289 g/mol. The van der Waals surface area contributed by atoms with Gasteiger partial charge in [0.1, 0.15) is 11.7 Å². The van der Waals surface area contributed by atoms with Gasteiger partial charge in [-0.05, 0) is 25.5 Å². The van der Waals surface area contributed by atoms with Crippen LogP contribution in [-0.4, -0.2) is 21.3 Å². The SMILES string of the molecule is Cc1ccccc1N(Cc1cncnc1)C(=O)C(C)Cl. The van der Waals surface area contributed by atoms with Crippen LogP contribution >= 0.6 is 11.6 Å². The van der Waals surface area contributed by atoms with Crippen molar-refractivity contribution in [3.05, 3.63) is 54.1 Å². The van der Waals surface area contributed by atoms with E-state index >= 15 is 0 Å². The standard InChI is InChI=1S/C15H16ClN3O/c1-11-5-3-4-6-14(11)19(15(20)12(2)16)9-13-7-17-10-18-8-13/h3-8,10,12H,9H2,1-2H3. The molecule has 1 amide bonds. The summed E-state index contributed by atoms with van der Waals surface area (Å²) >= 11 is 5.97. The number of aryl methyl sites for hydroxylation is 1. The number of nitrogens with zero attached hydrogens (tertiary/aromatic N) is 3. The van der Waals surface area contributed by atoms with Gasteiger partial charge in [0.25, 0.3) is 0 Å². The van der Waals surface area contributed by atoms with Crippen molar-refractivity contribution < 1.29 is 4.79 Å². The number of hydrogen-bond acceptors (Lipinski definition) is 3. The third kappa shape index (κ3) is 3.33. The molecule has 104 valence electrons. The number of benzene rings is 1. The average molecular weight is 290 g/mol. The van der Waals surface area contributed by atoms with Gasteiger partial charge in [-0.15, -0.1) is 11.6 Å². The van der Waals surface area contributed by atoms with Gasteiger partial charge in [0.15, 0.2) is 0 Å². The fourth-order valence-corrected chi connectivity index (χ4v) is 2.07. The van der Waals surface area contributed by atoms with Gasteiger partial charge in [-0.2, -0.15) is 0 Å². The summed E-state index contributed by atoms with van der Waals surface area (Å²) < 4.78 is 0. The average Bonchev–Trinajstić information content (AvgIpc) is 2.46. The molecule has 0 aliphatic heterocycles. The highest BCUT2D eigenvalue weighted by atomic mass is 35.5. The molecule has 0 fully saturated rings. The molecule has 1 aromatic heterocycles. The highest BCUT2D eigenvalue weighted by Crippen LogP contribution is 2.23. The van der Waals surface area contributed by atoms with Crippen molar-refractivity contribution in [1.82, 2.24) is 9.97 Å². The van der Waals surface area contributed by atoms with Crippen LogP contribution in [0.3, 0.4) is 0 Å². The van der Waals surface area contributed by atoms with Crippen LogP contribution < -0.4 is 4.90 Å². The van der Waals surface area contributed by atoms with Crippen LogP contribution in [0.1, 0.15) is 18.1 Å². The zero-order valence-electron chi connectivity index (χ0n) is 11.5. The van der Waals surface area contributed by atoms with Gasteiger partial charge in [-0.3, -0.25) is 4.79 Å². The summed E-state index contributed by atoms with van der Waals surface area (Å²) in [7, 11) is 0. The maximum Gasteiger partial charge on any atom is 0.245 e. The van der Waals surface area contributed by atoms with Crippen molar-refractivity contribution in [3.63, 3.8) is 0 Å². The largest absolute Gasteiger partial charge is 0.306 e. The number of carbonyl (C=O) groups excluding carboxylic acids is 1. The van der Waals surface area contributed by atoms with Crippen LogP contribution in [0.2, 0.25) is 0 Å². The Labute approximate surface area is 123 Å². The lowest BCUT2D eigenvalue weighted by molar-refractivity contribution is -0.118. The lowest BCUT2D eigenvalue weighted by Gasteiger charge is -2.25. The molecule has 0 aliphatic carbocycles. The van der Waals surface area contributed by atoms with Crippen molar-refractivity contribution in [3.8, 4) is 0 Å². The molecule has 0 saturated heterocycles. The molecule has 0 N–H and O–H groups in total. The van der Waals surface area contributed by atoms with E-state index in [4.69, 9.17) is 11.6 Å². The van der Waals surface area contributed by atoms with Gasteiger partial charge in [-0.25, -0.2) is 9.97 Å². The molecule has 0 saturated carbocycles. The Hall–Kier alpha value is -1.94. The van der Waals surface area contributed by atoms with Crippen molar-refractivity contribution in [2.45, 2.75) is 25.8 Å². The highest BCUT2D eigenvalue weighted by Gasteiger charge is 2.21. The fourth-order valence-electron chi connectivity index (χ4n) is 1.96. The summed E-state index contributed by atoms with van der Waals surface area (Å²) in [4.78, 5) is 22.0. The first-order valence-corrected chi connectivity index (χ1v) is 6.78. The minimum Gasteiger partial charge on any atom is -0.306 e. The van der Waals surface area contributed by atoms with E-state index in [9.17, 15) is 4.79 Å². The molecule has 1 unspecified atom stereocenters. The second kappa shape index (κ2) is 6.48. The number of halogens is 1. The number of aromatic nitrogens is 2. The van der Waals surface area contributed by atoms with Crippen molar-refractivity contribution in [2.24, 2.45) is 0 Å². The summed E-state index contributed by atoms with van der Waals surface area (Å²) in [6.07, 6.45) is 4.86. The Morgan fingerprint density at radius 3 is 2.55 bits per heavy atom. The topological polar surface area (TPSA) is 46.1 Å². The molecule has 0 spiro atoms. The Bertz CT molecular complexity index is 587. The number of carbonyl (C=O) groups is 1. The molecule has 4 nitrogen and oxygen atoms in total. The van der Waals surface area contributed by atoms with E-state index in [2.05, 4.69) is 9.97 Å². The summed E-state index contributed by atoms with van der Waals surface area (Å²) in [6.45, 7) is 4.05. The van der Waals surface area contributed by atoms with E-state index in [1.807, 2.05) is 31.2 Å². The molecular weight excluding hydrogens is 274 g/mol. The number of alkyl halides is 1. The van der Waals surface area contributed by atoms with E-state index in [-0.39, 0.29) is 5.91 Å². The van der Waals surface area contributed by atoms with Crippen molar-refractivity contribution >= 4 is 23.2 Å². The summed E-state index contributed by atoms with van der Waals surface area (Å²) in [5.74, 6) is -0.134. The van der Waals surface area contributed by atoms with Crippen molar-refractivity contribution in [2.75, 3.05) is 4.90 Å². The van der Waals surface area contributed by atoms with Gasteiger partial charge in [0.05, 0.1) is 6.54 Å². The highest BCUT2D eigenvalue weighted by molar-refractivity contribution is 6.32. The Morgan fingerprint density at radius 1 is 1.30 bits per heavy atom. The smallest absolute Gasteiger partial charge is 0.245 e. The number of anilines is 1. The zero-order valence-corrected chi connectivity index (χ0v) is 12.2. The molecule has 20 heavy (non-hydrogen) atoms. The summed E-state index contributed by atoms with van der Waals surface area (Å²) in [6, 6.07) is 7.73. The van der Waals surface area contributed by atoms with E-state index in [0.717, 1.165) is 16.8 Å². The minimum absolute atomic E-state index is 0.134. The van der Waals surface area contributed by atoms with Crippen LogP contribution in [0.4, 0.5) is 5.69 Å². The first-order chi connectivity index (χ1) is 9.59. The van der Waals surface area contributed by atoms with Gasteiger partial charge in [-0.1, -0.05) is 18.2 Å². The van der Waals surface area contributed by atoms with Gasteiger partial charge in [0.2, 0.25) is 5.91 Å². The van der Waals surface area contributed by atoms with Gasteiger partial charge < -0.3 is 4.90 Å². The maximum atomic E-state index is 12.4. The lowest BCUT2D eigenvalue weighted by Crippen LogP contribution is -2.35. The second-order valence-electron chi connectivity index (χ2n) is 4.57. The molecule has 1 heterocycles. The second-order valence-corrected chi connectivity index (χ2v) is 5.23. The molecule has 0 radical (unpaired) electrons. The van der Waals surface area contributed by atoms with E-state index in [0.29, 0.717) is 6.54 Å². The zero-order chi connectivity index (χ0) is 14.5. The molecular formula is C15H16ClN3O. The number of amides is 1. The predicted octanol–water partition coefficient (Wildman–Crippen LogP) is 2.95. The molecule has 0 aliphatic rings. The molecule has 0 bridgehead atoms. The third-order valence-corrected chi connectivity index (χ3v) is 3.15.